The first-order valence-corrected chi connectivity index (χ1v) is 9.15. The summed E-state index contributed by atoms with van der Waals surface area (Å²) < 4.78 is 4.81. The SMILES string of the molecule is COC(=O)c1ccccc1N(C)c1ncnc(Nc2cc(Cl)ccc2C)c1[N+](=O)[O-]. The molecule has 30 heavy (non-hydrogen) atoms. The van der Waals surface area contributed by atoms with Crippen molar-refractivity contribution in [2.24, 2.45) is 0 Å². The first kappa shape index (κ1) is 21.0. The molecule has 9 nitrogen and oxygen atoms in total. The van der Waals surface area contributed by atoms with Crippen molar-refractivity contribution in [3.8, 4) is 0 Å². The number of aromatic nitrogens is 2. The Balaban J connectivity index is 2.11. The maximum Gasteiger partial charge on any atom is 0.354 e. The summed E-state index contributed by atoms with van der Waals surface area (Å²) in [5.74, 6) is -0.562. The lowest BCUT2D eigenvalue weighted by Gasteiger charge is -2.21. The fourth-order valence-corrected chi connectivity index (χ4v) is 3.07. The van der Waals surface area contributed by atoms with E-state index in [-0.39, 0.29) is 22.9 Å². The molecule has 1 heterocycles. The van der Waals surface area contributed by atoms with Crippen LogP contribution >= 0.6 is 11.6 Å². The third kappa shape index (κ3) is 4.15. The minimum absolute atomic E-state index is 0.00207. The van der Waals surface area contributed by atoms with Gasteiger partial charge in [0.1, 0.15) is 6.33 Å². The molecule has 0 spiro atoms. The molecule has 1 aromatic heterocycles. The number of rotatable bonds is 6. The van der Waals surface area contributed by atoms with Gasteiger partial charge < -0.3 is 15.0 Å². The number of hydrogen-bond acceptors (Lipinski definition) is 8. The average Bonchev–Trinajstić information content (AvgIpc) is 2.74. The molecular weight excluding hydrogens is 410 g/mol. The average molecular weight is 428 g/mol. The highest BCUT2D eigenvalue weighted by Gasteiger charge is 2.28. The number of nitrogens with zero attached hydrogens (tertiary/aromatic N) is 4. The molecule has 0 atom stereocenters. The predicted octanol–water partition coefficient (Wildman–Crippen LogP) is 4.64. The molecule has 3 aromatic rings. The van der Waals surface area contributed by atoms with E-state index in [1.807, 2.05) is 6.92 Å². The first-order chi connectivity index (χ1) is 14.3. The van der Waals surface area contributed by atoms with Gasteiger partial charge in [0.2, 0.25) is 11.6 Å². The number of methoxy groups -OCH3 is 1. The number of ether oxygens (including phenoxy) is 1. The Bertz CT molecular complexity index is 1120. The molecule has 0 radical (unpaired) electrons. The van der Waals surface area contributed by atoms with E-state index in [0.29, 0.717) is 16.4 Å². The van der Waals surface area contributed by atoms with Crippen molar-refractivity contribution in [3.05, 3.63) is 75.1 Å². The minimum atomic E-state index is -0.575. The number of benzene rings is 2. The lowest BCUT2D eigenvalue weighted by Crippen LogP contribution is -2.18. The number of carbonyl (C=O) groups is 1. The van der Waals surface area contributed by atoms with Crippen molar-refractivity contribution >= 4 is 46.3 Å². The zero-order chi connectivity index (χ0) is 21.8. The van der Waals surface area contributed by atoms with Crippen LogP contribution < -0.4 is 10.2 Å². The quantitative estimate of drug-likeness (QED) is 0.344. The van der Waals surface area contributed by atoms with Gasteiger partial charge in [-0.15, -0.1) is 0 Å². The van der Waals surface area contributed by atoms with Gasteiger partial charge in [-0.3, -0.25) is 10.1 Å². The van der Waals surface area contributed by atoms with E-state index in [2.05, 4.69) is 15.3 Å². The highest BCUT2D eigenvalue weighted by atomic mass is 35.5. The summed E-state index contributed by atoms with van der Waals surface area (Å²) in [6.45, 7) is 1.84. The third-order valence-electron chi connectivity index (χ3n) is 4.43. The number of para-hydroxylation sites is 1. The monoisotopic (exact) mass is 427 g/mol. The highest BCUT2D eigenvalue weighted by Crippen LogP contribution is 2.37. The van der Waals surface area contributed by atoms with Crippen LogP contribution in [0, 0.1) is 17.0 Å². The number of hydrogen-bond donors (Lipinski definition) is 1. The molecule has 0 aliphatic heterocycles. The van der Waals surface area contributed by atoms with Crippen LogP contribution in [0.25, 0.3) is 0 Å². The van der Waals surface area contributed by atoms with Crippen molar-refractivity contribution in [2.75, 3.05) is 24.4 Å². The van der Waals surface area contributed by atoms with E-state index in [0.717, 1.165) is 5.56 Å². The largest absolute Gasteiger partial charge is 0.465 e. The van der Waals surface area contributed by atoms with Gasteiger partial charge in [-0.2, -0.15) is 0 Å². The molecule has 0 saturated heterocycles. The Labute approximate surface area is 177 Å². The molecular formula is C20H18ClN5O4. The third-order valence-corrected chi connectivity index (χ3v) is 4.66. The molecule has 154 valence electrons. The summed E-state index contributed by atoms with van der Waals surface area (Å²) >= 11 is 6.05. The van der Waals surface area contributed by atoms with Gasteiger partial charge in [0.05, 0.1) is 23.3 Å². The molecule has 3 rings (SSSR count). The zero-order valence-electron chi connectivity index (χ0n) is 16.4. The molecule has 0 unspecified atom stereocenters. The molecule has 0 bridgehead atoms. The Morgan fingerprint density at radius 2 is 1.97 bits per heavy atom. The van der Waals surface area contributed by atoms with Gasteiger partial charge in [0.15, 0.2) is 0 Å². The summed E-state index contributed by atoms with van der Waals surface area (Å²) in [5.41, 5.74) is 1.71. The van der Waals surface area contributed by atoms with Crippen LogP contribution in [0.5, 0.6) is 0 Å². The van der Waals surface area contributed by atoms with Gasteiger partial charge >= 0.3 is 11.7 Å². The second kappa shape index (κ2) is 8.75. The van der Waals surface area contributed by atoms with Crippen molar-refractivity contribution in [1.29, 1.82) is 0 Å². The van der Waals surface area contributed by atoms with Crippen LogP contribution in [-0.2, 0) is 4.74 Å². The fraction of sp³-hybridized carbons (Fsp3) is 0.150. The minimum Gasteiger partial charge on any atom is -0.465 e. The second-order valence-electron chi connectivity index (χ2n) is 6.30. The van der Waals surface area contributed by atoms with E-state index >= 15 is 0 Å². The summed E-state index contributed by atoms with van der Waals surface area (Å²) in [4.78, 5) is 33.1. The van der Waals surface area contributed by atoms with E-state index in [9.17, 15) is 14.9 Å². The summed E-state index contributed by atoms with van der Waals surface area (Å²) in [6, 6.07) is 11.8. The van der Waals surface area contributed by atoms with Crippen molar-refractivity contribution < 1.29 is 14.5 Å². The number of anilines is 4. The molecule has 0 aliphatic carbocycles. The fourth-order valence-electron chi connectivity index (χ4n) is 2.89. The van der Waals surface area contributed by atoms with E-state index < -0.39 is 10.9 Å². The van der Waals surface area contributed by atoms with Crippen LogP contribution in [0.1, 0.15) is 15.9 Å². The summed E-state index contributed by atoms with van der Waals surface area (Å²) in [7, 11) is 2.84. The van der Waals surface area contributed by atoms with E-state index in [1.54, 1.807) is 49.5 Å². The maximum absolute atomic E-state index is 12.1. The smallest absolute Gasteiger partial charge is 0.354 e. The lowest BCUT2D eigenvalue weighted by atomic mass is 10.1. The van der Waals surface area contributed by atoms with E-state index in [4.69, 9.17) is 16.3 Å². The predicted molar refractivity (Wildman–Crippen MR) is 114 cm³/mol. The molecule has 1 N–H and O–H groups in total. The first-order valence-electron chi connectivity index (χ1n) is 8.77. The molecule has 2 aromatic carbocycles. The summed E-state index contributed by atoms with van der Waals surface area (Å²) in [5, 5.41) is 15.4. The topological polar surface area (TPSA) is 110 Å². The maximum atomic E-state index is 12.1. The number of carbonyl (C=O) groups excluding carboxylic acids is 1. The zero-order valence-corrected chi connectivity index (χ0v) is 17.2. The Kier molecular flexibility index (Phi) is 6.12. The van der Waals surface area contributed by atoms with Gasteiger partial charge in [0.25, 0.3) is 0 Å². The number of aryl methyl sites for hydroxylation is 1. The number of halogens is 1. The van der Waals surface area contributed by atoms with Crippen molar-refractivity contribution in [2.45, 2.75) is 6.92 Å². The molecule has 0 fully saturated rings. The lowest BCUT2D eigenvalue weighted by molar-refractivity contribution is -0.383. The van der Waals surface area contributed by atoms with Crippen LogP contribution in [0.15, 0.2) is 48.8 Å². The molecule has 0 amide bonds. The number of nitro groups is 1. The van der Waals surface area contributed by atoms with E-state index in [1.165, 1.54) is 18.3 Å². The Morgan fingerprint density at radius 1 is 1.23 bits per heavy atom. The van der Waals surface area contributed by atoms with Crippen LogP contribution in [0.4, 0.5) is 28.7 Å². The molecule has 0 saturated carbocycles. The van der Waals surface area contributed by atoms with Gasteiger partial charge in [-0.25, -0.2) is 14.8 Å². The van der Waals surface area contributed by atoms with Crippen LogP contribution in [0.3, 0.4) is 0 Å². The number of nitrogens with one attached hydrogen (secondary N) is 1. The standard InChI is InChI=1S/C20H18ClN5O4/c1-12-8-9-13(21)10-15(12)24-18-17(26(28)29)19(23-11-22-18)25(2)16-7-5-4-6-14(16)20(27)30-3/h4-11H,1-3H3,(H,22,23,24). The normalized spacial score (nSPS) is 10.4. The van der Waals surface area contributed by atoms with Crippen molar-refractivity contribution in [3.63, 3.8) is 0 Å². The van der Waals surface area contributed by atoms with Gasteiger partial charge in [-0.05, 0) is 36.8 Å². The van der Waals surface area contributed by atoms with Crippen LogP contribution in [0.2, 0.25) is 5.02 Å². The number of esters is 1. The summed E-state index contributed by atoms with van der Waals surface area (Å²) in [6.07, 6.45) is 1.21. The Hall–Kier alpha value is -3.72. The van der Waals surface area contributed by atoms with Gasteiger partial charge in [0, 0.05) is 17.8 Å². The Morgan fingerprint density at radius 3 is 2.67 bits per heavy atom. The molecule has 10 heteroatoms. The van der Waals surface area contributed by atoms with Crippen molar-refractivity contribution in [1.82, 2.24) is 9.97 Å². The van der Waals surface area contributed by atoms with Gasteiger partial charge in [-0.1, -0.05) is 29.8 Å². The molecule has 0 aliphatic rings. The second-order valence-corrected chi connectivity index (χ2v) is 6.74. The van der Waals surface area contributed by atoms with Crippen LogP contribution in [-0.4, -0.2) is 35.0 Å². The highest BCUT2D eigenvalue weighted by molar-refractivity contribution is 6.30.